The summed E-state index contributed by atoms with van der Waals surface area (Å²) in [5.41, 5.74) is 2.36. The number of hydrogen-bond donors (Lipinski definition) is 2. The first kappa shape index (κ1) is 24.2. The predicted octanol–water partition coefficient (Wildman–Crippen LogP) is 4.54. The SMILES string of the molecule is CC(C)c1ccc(-c2noc(CCC(=O)NCC(O)c3ccc(OC(F)(F)F)cc3)n2)cc1. The van der Waals surface area contributed by atoms with E-state index in [1.165, 1.54) is 17.7 Å². The number of aryl methyl sites for hydroxylation is 1. The van der Waals surface area contributed by atoms with E-state index in [0.717, 1.165) is 17.7 Å². The summed E-state index contributed by atoms with van der Waals surface area (Å²) in [6.45, 7) is 4.11. The topological polar surface area (TPSA) is 97.5 Å². The zero-order valence-electron chi connectivity index (χ0n) is 18.1. The number of carbonyl (C=O) groups is 1. The molecule has 33 heavy (non-hydrogen) atoms. The van der Waals surface area contributed by atoms with Crippen LogP contribution in [0, 0.1) is 0 Å². The molecule has 0 spiro atoms. The Labute approximate surface area is 188 Å². The number of nitrogens with one attached hydrogen (secondary N) is 1. The summed E-state index contributed by atoms with van der Waals surface area (Å²) >= 11 is 0. The summed E-state index contributed by atoms with van der Waals surface area (Å²) in [5, 5.41) is 16.7. The van der Waals surface area contributed by atoms with Gasteiger partial charge in [-0.2, -0.15) is 4.98 Å². The van der Waals surface area contributed by atoms with Gasteiger partial charge in [-0.05, 0) is 29.2 Å². The largest absolute Gasteiger partial charge is 0.573 e. The Morgan fingerprint density at radius 2 is 1.73 bits per heavy atom. The lowest BCUT2D eigenvalue weighted by Gasteiger charge is -2.13. The van der Waals surface area contributed by atoms with Crippen LogP contribution >= 0.6 is 0 Å². The van der Waals surface area contributed by atoms with Crippen LogP contribution < -0.4 is 10.1 Å². The highest BCUT2D eigenvalue weighted by Crippen LogP contribution is 2.24. The Hall–Kier alpha value is -3.40. The first-order valence-electron chi connectivity index (χ1n) is 10.3. The van der Waals surface area contributed by atoms with Crippen molar-refractivity contribution in [1.29, 1.82) is 0 Å². The maximum Gasteiger partial charge on any atom is 0.573 e. The van der Waals surface area contributed by atoms with Gasteiger partial charge in [-0.3, -0.25) is 4.79 Å². The fraction of sp³-hybridized carbons (Fsp3) is 0.348. The predicted molar refractivity (Wildman–Crippen MR) is 113 cm³/mol. The van der Waals surface area contributed by atoms with Crippen molar-refractivity contribution in [3.8, 4) is 17.1 Å². The van der Waals surface area contributed by atoms with E-state index in [2.05, 4.69) is 34.0 Å². The second kappa shape index (κ2) is 10.5. The van der Waals surface area contributed by atoms with E-state index in [0.29, 0.717) is 23.2 Å². The van der Waals surface area contributed by atoms with Crippen LogP contribution in [0.5, 0.6) is 5.75 Å². The molecule has 0 aliphatic carbocycles. The molecule has 0 fully saturated rings. The second-order valence-electron chi connectivity index (χ2n) is 7.73. The number of ether oxygens (including phenoxy) is 1. The number of amides is 1. The molecular weight excluding hydrogens is 439 g/mol. The molecule has 0 aliphatic rings. The monoisotopic (exact) mass is 463 g/mol. The number of carbonyl (C=O) groups excluding carboxylic acids is 1. The Balaban J connectivity index is 1.45. The molecule has 2 N–H and O–H groups in total. The van der Waals surface area contributed by atoms with E-state index in [4.69, 9.17) is 4.52 Å². The molecule has 0 saturated carbocycles. The number of nitrogens with zero attached hydrogens (tertiary/aromatic N) is 2. The van der Waals surface area contributed by atoms with Gasteiger partial charge in [0.2, 0.25) is 17.6 Å². The van der Waals surface area contributed by atoms with Gasteiger partial charge in [-0.25, -0.2) is 0 Å². The highest BCUT2D eigenvalue weighted by Gasteiger charge is 2.31. The number of aromatic nitrogens is 2. The van der Waals surface area contributed by atoms with Gasteiger partial charge in [0, 0.05) is 24.9 Å². The zero-order valence-corrected chi connectivity index (χ0v) is 18.1. The van der Waals surface area contributed by atoms with Crippen LogP contribution in [0.3, 0.4) is 0 Å². The van der Waals surface area contributed by atoms with E-state index in [1.54, 1.807) is 0 Å². The second-order valence-corrected chi connectivity index (χ2v) is 7.73. The summed E-state index contributed by atoms with van der Waals surface area (Å²) < 4.78 is 45.6. The van der Waals surface area contributed by atoms with Crippen LogP contribution in [0.4, 0.5) is 13.2 Å². The van der Waals surface area contributed by atoms with Crippen molar-refractivity contribution in [2.24, 2.45) is 0 Å². The molecule has 1 unspecified atom stereocenters. The molecule has 1 aromatic heterocycles. The summed E-state index contributed by atoms with van der Waals surface area (Å²) in [7, 11) is 0. The van der Waals surface area contributed by atoms with Gasteiger partial charge >= 0.3 is 6.36 Å². The smallest absolute Gasteiger partial charge is 0.406 e. The molecule has 0 saturated heterocycles. The fourth-order valence-corrected chi connectivity index (χ4v) is 3.02. The Bertz CT molecular complexity index is 1050. The van der Waals surface area contributed by atoms with Crippen molar-refractivity contribution < 1.29 is 32.3 Å². The highest BCUT2D eigenvalue weighted by molar-refractivity contribution is 5.76. The Morgan fingerprint density at radius 1 is 1.09 bits per heavy atom. The van der Waals surface area contributed by atoms with E-state index in [1.807, 2.05) is 24.3 Å². The van der Waals surface area contributed by atoms with Gasteiger partial charge in [0.1, 0.15) is 5.75 Å². The maximum absolute atomic E-state index is 12.2. The van der Waals surface area contributed by atoms with Crippen molar-refractivity contribution in [2.75, 3.05) is 6.54 Å². The van der Waals surface area contributed by atoms with E-state index in [-0.39, 0.29) is 25.3 Å². The highest BCUT2D eigenvalue weighted by atomic mass is 19.4. The van der Waals surface area contributed by atoms with Crippen molar-refractivity contribution >= 4 is 5.91 Å². The van der Waals surface area contributed by atoms with Crippen molar-refractivity contribution in [1.82, 2.24) is 15.5 Å². The van der Waals surface area contributed by atoms with Gasteiger partial charge in [0.15, 0.2) is 0 Å². The average Bonchev–Trinajstić information content (AvgIpc) is 3.24. The number of hydrogen-bond acceptors (Lipinski definition) is 6. The van der Waals surface area contributed by atoms with E-state index < -0.39 is 18.2 Å². The maximum atomic E-state index is 12.2. The van der Waals surface area contributed by atoms with Crippen LogP contribution in [-0.2, 0) is 11.2 Å². The van der Waals surface area contributed by atoms with Crippen LogP contribution in [0.15, 0.2) is 53.1 Å². The minimum atomic E-state index is -4.79. The molecule has 1 amide bonds. The number of rotatable bonds is 9. The molecule has 10 heteroatoms. The van der Waals surface area contributed by atoms with Crippen LogP contribution in [0.1, 0.15) is 49.3 Å². The first-order chi connectivity index (χ1) is 15.6. The van der Waals surface area contributed by atoms with Crippen LogP contribution in [0.25, 0.3) is 11.4 Å². The summed E-state index contributed by atoms with van der Waals surface area (Å²) in [6.07, 6.45) is -5.58. The van der Waals surface area contributed by atoms with E-state index >= 15 is 0 Å². The van der Waals surface area contributed by atoms with Crippen molar-refractivity contribution in [3.63, 3.8) is 0 Å². The lowest BCUT2D eigenvalue weighted by molar-refractivity contribution is -0.274. The molecule has 0 bridgehead atoms. The van der Waals surface area contributed by atoms with Crippen LogP contribution in [0.2, 0.25) is 0 Å². The fourth-order valence-electron chi connectivity index (χ4n) is 3.02. The molecule has 2 aromatic carbocycles. The van der Waals surface area contributed by atoms with Gasteiger partial charge in [0.25, 0.3) is 0 Å². The normalized spacial score (nSPS) is 12.6. The van der Waals surface area contributed by atoms with Crippen molar-refractivity contribution in [2.45, 2.75) is 45.1 Å². The summed E-state index contributed by atoms with van der Waals surface area (Å²) in [4.78, 5) is 16.4. The quantitative estimate of drug-likeness (QED) is 0.484. The third-order valence-corrected chi connectivity index (χ3v) is 4.86. The average molecular weight is 463 g/mol. The van der Waals surface area contributed by atoms with Gasteiger partial charge < -0.3 is 19.7 Å². The minimum absolute atomic E-state index is 0.0685. The lowest BCUT2D eigenvalue weighted by Crippen LogP contribution is -2.28. The van der Waals surface area contributed by atoms with Crippen molar-refractivity contribution in [3.05, 3.63) is 65.5 Å². The molecule has 1 heterocycles. The van der Waals surface area contributed by atoms with Crippen LogP contribution in [-0.4, -0.2) is 34.1 Å². The molecule has 3 aromatic rings. The number of aliphatic hydroxyl groups is 1. The molecule has 0 aliphatic heterocycles. The minimum Gasteiger partial charge on any atom is -0.406 e. The summed E-state index contributed by atoms with van der Waals surface area (Å²) in [5.74, 6) is 0.437. The first-order valence-corrected chi connectivity index (χ1v) is 10.3. The van der Waals surface area contributed by atoms with Gasteiger partial charge in [0.05, 0.1) is 6.10 Å². The molecule has 3 rings (SSSR count). The third kappa shape index (κ3) is 7.31. The molecule has 7 nitrogen and oxygen atoms in total. The standard InChI is InChI=1S/C23H24F3N3O4/c1-14(2)15-3-5-17(6-4-15)22-28-21(33-29-22)12-11-20(31)27-13-19(30)16-7-9-18(10-8-16)32-23(24,25)26/h3-10,14,19,30H,11-13H2,1-2H3,(H,27,31). The summed E-state index contributed by atoms with van der Waals surface area (Å²) in [6, 6.07) is 12.6. The zero-order chi connectivity index (χ0) is 24.0. The number of halogens is 3. The third-order valence-electron chi connectivity index (χ3n) is 4.86. The molecule has 0 radical (unpaired) electrons. The number of aliphatic hydroxyl groups excluding tert-OH is 1. The van der Waals surface area contributed by atoms with E-state index in [9.17, 15) is 23.1 Å². The number of benzene rings is 2. The Kier molecular flexibility index (Phi) is 7.70. The molecule has 176 valence electrons. The lowest BCUT2D eigenvalue weighted by atomic mass is 10.0. The number of alkyl halides is 3. The molecule has 1 atom stereocenters. The Morgan fingerprint density at radius 3 is 2.33 bits per heavy atom. The van der Waals surface area contributed by atoms with Gasteiger partial charge in [-0.15, -0.1) is 13.2 Å². The molecular formula is C23H24F3N3O4. The van der Waals surface area contributed by atoms with Gasteiger partial charge in [-0.1, -0.05) is 55.4 Å².